The van der Waals surface area contributed by atoms with Gasteiger partial charge in [0.1, 0.15) is 6.10 Å². The average molecular weight is 334 g/mol. The maximum Gasteiger partial charge on any atom is 0.244 e. The van der Waals surface area contributed by atoms with Crippen molar-refractivity contribution in [1.29, 1.82) is 5.26 Å². The van der Waals surface area contributed by atoms with E-state index in [0.717, 1.165) is 16.5 Å². The molecule has 2 atom stereocenters. The highest BCUT2D eigenvalue weighted by atomic mass is 16.7. The van der Waals surface area contributed by atoms with Gasteiger partial charge in [0.15, 0.2) is 0 Å². The Bertz CT molecular complexity index is 898. The highest BCUT2D eigenvalue weighted by Crippen LogP contribution is 2.27. The topological polar surface area (TPSA) is 56.4 Å². The van der Waals surface area contributed by atoms with Crippen molar-refractivity contribution in [2.45, 2.75) is 19.1 Å². The van der Waals surface area contributed by atoms with E-state index >= 15 is 0 Å². The molecule has 0 amide bonds. The molecular formula is C20H18N2O3. The third-order valence-corrected chi connectivity index (χ3v) is 4.23. The molecule has 0 N–H and O–H groups in total. The fourth-order valence-corrected chi connectivity index (χ4v) is 2.97. The van der Waals surface area contributed by atoms with Crippen molar-refractivity contribution in [3.8, 4) is 6.07 Å². The monoisotopic (exact) mass is 334 g/mol. The number of fused-ring (bicyclic) bond motifs is 1. The molecule has 2 heterocycles. The van der Waals surface area contributed by atoms with E-state index in [9.17, 15) is 0 Å². The van der Waals surface area contributed by atoms with Gasteiger partial charge in [-0.3, -0.25) is 4.57 Å². The van der Waals surface area contributed by atoms with E-state index in [0.29, 0.717) is 25.4 Å². The Labute approximate surface area is 146 Å². The van der Waals surface area contributed by atoms with Gasteiger partial charge in [-0.1, -0.05) is 30.3 Å². The van der Waals surface area contributed by atoms with Crippen molar-refractivity contribution in [3.05, 3.63) is 71.9 Å². The quantitative estimate of drug-likeness (QED) is 0.715. The zero-order valence-corrected chi connectivity index (χ0v) is 13.7. The van der Waals surface area contributed by atoms with Gasteiger partial charge < -0.3 is 14.2 Å². The van der Waals surface area contributed by atoms with Crippen LogP contribution in [0.25, 0.3) is 10.9 Å². The fraction of sp³-hybridized carbons (Fsp3) is 0.250. The first-order valence-corrected chi connectivity index (χ1v) is 8.23. The lowest BCUT2D eigenvalue weighted by Gasteiger charge is -2.14. The summed E-state index contributed by atoms with van der Waals surface area (Å²) in [6, 6.07) is 19.8. The molecule has 3 aromatic rings. The predicted octanol–water partition coefficient (Wildman–Crippen LogP) is 3.60. The van der Waals surface area contributed by atoms with Crippen LogP contribution in [0.5, 0.6) is 0 Å². The van der Waals surface area contributed by atoms with Crippen molar-refractivity contribution < 1.29 is 14.2 Å². The van der Waals surface area contributed by atoms with Crippen LogP contribution >= 0.6 is 0 Å². The van der Waals surface area contributed by atoms with E-state index in [1.807, 2.05) is 59.3 Å². The second-order valence-corrected chi connectivity index (χ2v) is 6.01. The van der Waals surface area contributed by atoms with Gasteiger partial charge in [0.2, 0.25) is 6.41 Å². The third kappa shape index (κ3) is 3.42. The Morgan fingerprint density at radius 1 is 1.16 bits per heavy atom. The summed E-state index contributed by atoms with van der Waals surface area (Å²) < 4.78 is 19.4. The molecule has 2 aromatic carbocycles. The lowest BCUT2D eigenvalue weighted by Crippen LogP contribution is -2.18. The Kier molecular flexibility index (Phi) is 4.49. The van der Waals surface area contributed by atoms with Gasteiger partial charge in [0.25, 0.3) is 0 Å². The van der Waals surface area contributed by atoms with Gasteiger partial charge in [-0.25, -0.2) is 0 Å². The summed E-state index contributed by atoms with van der Waals surface area (Å²) in [7, 11) is 0. The minimum Gasteiger partial charge on any atom is -0.374 e. The first-order chi connectivity index (χ1) is 12.3. The van der Waals surface area contributed by atoms with Gasteiger partial charge in [0.05, 0.1) is 37.0 Å². The molecule has 5 heteroatoms. The Hall–Kier alpha value is -2.65. The van der Waals surface area contributed by atoms with Gasteiger partial charge >= 0.3 is 0 Å². The summed E-state index contributed by atoms with van der Waals surface area (Å²) in [4.78, 5) is 0. The molecule has 1 fully saturated rings. The number of hydrogen-bond acceptors (Lipinski definition) is 4. The number of nitriles is 1. The molecule has 126 valence electrons. The molecule has 1 aromatic heterocycles. The van der Waals surface area contributed by atoms with Crippen molar-refractivity contribution in [2.24, 2.45) is 0 Å². The number of ether oxygens (including phenoxy) is 3. The van der Waals surface area contributed by atoms with Crippen LogP contribution in [0.1, 0.15) is 17.5 Å². The highest BCUT2D eigenvalue weighted by molar-refractivity contribution is 5.81. The Morgan fingerprint density at radius 3 is 2.88 bits per heavy atom. The fourth-order valence-electron chi connectivity index (χ4n) is 2.97. The van der Waals surface area contributed by atoms with Crippen molar-refractivity contribution in [1.82, 2.24) is 4.57 Å². The summed E-state index contributed by atoms with van der Waals surface area (Å²) in [5.74, 6) is 0. The van der Waals surface area contributed by atoms with Crippen LogP contribution < -0.4 is 0 Å². The van der Waals surface area contributed by atoms with Crippen molar-refractivity contribution in [3.63, 3.8) is 0 Å². The molecule has 0 aliphatic carbocycles. The van der Waals surface area contributed by atoms with Crippen LogP contribution in [0.15, 0.2) is 60.8 Å². The molecule has 0 radical (unpaired) electrons. The van der Waals surface area contributed by atoms with Gasteiger partial charge in [0, 0.05) is 11.6 Å². The zero-order valence-electron chi connectivity index (χ0n) is 13.7. The average Bonchev–Trinajstić information content (AvgIpc) is 3.28. The maximum absolute atomic E-state index is 8.99. The summed E-state index contributed by atoms with van der Waals surface area (Å²) in [5.41, 5.74) is 2.77. The second kappa shape index (κ2) is 7.08. The molecule has 1 aliphatic rings. The SMILES string of the molecule is N#Cc1ccc2c(ccn2C2OCC(COCc3ccccc3)O2)c1. The molecule has 0 spiro atoms. The van der Waals surface area contributed by atoms with Gasteiger partial charge in [-0.15, -0.1) is 0 Å². The first-order valence-electron chi connectivity index (χ1n) is 8.23. The summed E-state index contributed by atoms with van der Waals surface area (Å²) in [6.45, 7) is 1.55. The van der Waals surface area contributed by atoms with Crippen LogP contribution in [0.4, 0.5) is 0 Å². The maximum atomic E-state index is 8.99. The smallest absolute Gasteiger partial charge is 0.244 e. The van der Waals surface area contributed by atoms with Crippen LogP contribution in [0.3, 0.4) is 0 Å². The van der Waals surface area contributed by atoms with E-state index in [1.54, 1.807) is 6.07 Å². The molecule has 0 saturated carbocycles. The molecular weight excluding hydrogens is 316 g/mol. The lowest BCUT2D eigenvalue weighted by molar-refractivity contribution is -0.120. The number of rotatable bonds is 5. The number of benzene rings is 2. The molecule has 25 heavy (non-hydrogen) atoms. The van der Waals surface area contributed by atoms with E-state index in [4.69, 9.17) is 19.5 Å². The highest BCUT2D eigenvalue weighted by Gasteiger charge is 2.28. The molecule has 5 nitrogen and oxygen atoms in total. The summed E-state index contributed by atoms with van der Waals surface area (Å²) in [5, 5.41) is 9.99. The van der Waals surface area contributed by atoms with E-state index < -0.39 is 6.41 Å². The van der Waals surface area contributed by atoms with Crippen molar-refractivity contribution >= 4 is 10.9 Å². The van der Waals surface area contributed by atoms with Crippen LogP contribution in [0, 0.1) is 11.3 Å². The zero-order chi connectivity index (χ0) is 17.1. The summed E-state index contributed by atoms with van der Waals surface area (Å²) >= 11 is 0. The molecule has 0 bridgehead atoms. The molecule has 4 rings (SSSR count). The Morgan fingerprint density at radius 2 is 2.04 bits per heavy atom. The minimum atomic E-state index is -0.462. The molecule has 1 aliphatic heterocycles. The first kappa shape index (κ1) is 15.9. The number of hydrogen-bond donors (Lipinski definition) is 0. The molecule has 1 saturated heterocycles. The number of aromatic nitrogens is 1. The normalized spacial score (nSPS) is 20.0. The van der Waals surface area contributed by atoms with E-state index in [2.05, 4.69) is 6.07 Å². The van der Waals surface area contributed by atoms with Crippen LogP contribution in [0.2, 0.25) is 0 Å². The molecule has 2 unspecified atom stereocenters. The van der Waals surface area contributed by atoms with Crippen molar-refractivity contribution in [2.75, 3.05) is 13.2 Å². The third-order valence-electron chi connectivity index (χ3n) is 4.23. The van der Waals surface area contributed by atoms with E-state index in [1.165, 1.54) is 0 Å². The van der Waals surface area contributed by atoms with E-state index in [-0.39, 0.29) is 6.10 Å². The summed E-state index contributed by atoms with van der Waals surface area (Å²) in [6.07, 6.45) is 1.37. The Balaban J connectivity index is 1.37. The second-order valence-electron chi connectivity index (χ2n) is 6.01. The van der Waals surface area contributed by atoms with Gasteiger partial charge in [-0.2, -0.15) is 5.26 Å². The predicted molar refractivity (Wildman–Crippen MR) is 92.6 cm³/mol. The largest absolute Gasteiger partial charge is 0.374 e. The van der Waals surface area contributed by atoms with Crippen LogP contribution in [-0.4, -0.2) is 23.9 Å². The lowest BCUT2D eigenvalue weighted by atomic mass is 10.2. The standard InChI is InChI=1S/C20H18N2O3/c21-11-16-6-7-19-17(10-16)8-9-22(19)20-24-14-18(25-20)13-23-12-15-4-2-1-3-5-15/h1-10,18,20H,12-14H2. The van der Waals surface area contributed by atoms with Crippen LogP contribution in [-0.2, 0) is 20.8 Å². The number of nitrogens with zero attached hydrogens (tertiary/aromatic N) is 2. The van der Waals surface area contributed by atoms with Gasteiger partial charge in [-0.05, 0) is 29.8 Å². The minimum absolute atomic E-state index is 0.0930.